The van der Waals surface area contributed by atoms with Gasteiger partial charge >= 0.3 is 0 Å². The van der Waals surface area contributed by atoms with E-state index in [1.807, 2.05) is 72.8 Å². The number of ether oxygens (including phenoxy) is 2. The fourth-order valence-electron chi connectivity index (χ4n) is 2.68. The summed E-state index contributed by atoms with van der Waals surface area (Å²) in [4.78, 5) is 12.1. The van der Waals surface area contributed by atoms with E-state index in [0.717, 1.165) is 28.4 Å². The van der Waals surface area contributed by atoms with E-state index in [-0.39, 0.29) is 5.91 Å². The van der Waals surface area contributed by atoms with Gasteiger partial charge in [0.2, 0.25) is 5.91 Å². The Hall–Kier alpha value is -3.47. The van der Waals surface area contributed by atoms with Crippen molar-refractivity contribution in [3.8, 4) is 11.5 Å². The second kappa shape index (κ2) is 8.76. The third-order valence-corrected chi connectivity index (χ3v) is 4.06. The van der Waals surface area contributed by atoms with Gasteiger partial charge in [0, 0.05) is 17.4 Å². The van der Waals surface area contributed by atoms with Crippen molar-refractivity contribution in [2.45, 2.75) is 6.42 Å². The first-order valence-electron chi connectivity index (χ1n) is 8.61. The van der Waals surface area contributed by atoms with Crippen LogP contribution in [0.5, 0.6) is 11.5 Å². The molecule has 27 heavy (non-hydrogen) atoms. The van der Waals surface area contributed by atoms with Crippen LogP contribution in [0, 0.1) is 0 Å². The minimum atomic E-state index is -0.0428. The first-order valence-corrected chi connectivity index (χ1v) is 8.61. The topological polar surface area (TPSA) is 59.6 Å². The Bertz CT molecular complexity index is 893. The van der Waals surface area contributed by atoms with Gasteiger partial charge in [0.15, 0.2) is 0 Å². The van der Waals surface area contributed by atoms with E-state index in [2.05, 4.69) is 10.6 Å². The number of rotatable bonds is 7. The van der Waals surface area contributed by atoms with Crippen LogP contribution in [-0.2, 0) is 11.2 Å². The molecular weight excluding hydrogens is 340 g/mol. The molecule has 0 radical (unpaired) electrons. The third kappa shape index (κ3) is 5.01. The summed E-state index contributed by atoms with van der Waals surface area (Å²) in [6.07, 6.45) is 0.351. The summed E-state index contributed by atoms with van der Waals surface area (Å²) in [5, 5.41) is 6.21. The van der Waals surface area contributed by atoms with Gasteiger partial charge in [-0.2, -0.15) is 0 Å². The van der Waals surface area contributed by atoms with Gasteiger partial charge in [-0.05, 0) is 42.0 Å². The fourth-order valence-corrected chi connectivity index (χ4v) is 2.68. The molecule has 0 aromatic heterocycles. The zero-order valence-corrected chi connectivity index (χ0v) is 15.4. The molecule has 3 rings (SSSR count). The average Bonchev–Trinajstić information content (AvgIpc) is 2.70. The number of benzene rings is 3. The molecule has 3 aromatic rings. The Balaban J connectivity index is 1.63. The molecule has 0 bridgehead atoms. The second-order valence-electron chi connectivity index (χ2n) is 5.98. The average molecular weight is 362 g/mol. The summed E-state index contributed by atoms with van der Waals surface area (Å²) in [7, 11) is 3.23. The summed E-state index contributed by atoms with van der Waals surface area (Å²) >= 11 is 0. The van der Waals surface area contributed by atoms with Crippen molar-refractivity contribution < 1.29 is 14.3 Å². The lowest BCUT2D eigenvalue weighted by atomic mass is 10.1. The third-order valence-electron chi connectivity index (χ3n) is 4.06. The molecule has 2 N–H and O–H groups in total. The Labute approximate surface area is 158 Å². The van der Waals surface area contributed by atoms with Crippen LogP contribution in [0.4, 0.5) is 17.1 Å². The van der Waals surface area contributed by atoms with Crippen LogP contribution in [0.2, 0.25) is 0 Å². The lowest BCUT2D eigenvalue weighted by Crippen LogP contribution is -2.14. The number of anilines is 3. The van der Waals surface area contributed by atoms with E-state index in [4.69, 9.17) is 9.47 Å². The molecule has 3 aromatic carbocycles. The number of hydrogen-bond donors (Lipinski definition) is 2. The SMILES string of the molecule is COc1ccc(Nc2ccc(NC(=O)Cc3ccccc3)cc2)c(OC)c1. The Morgan fingerprint density at radius 2 is 1.56 bits per heavy atom. The summed E-state index contributed by atoms with van der Waals surface area (Å²) in [5.74, 6) is 1.38. The maximum absolute atomic E-state index is 12.1. The highest BCUT2D eigenvalue weighted by Crippen LogP contribution is 2.31. The molecule has 0 aliphatic rings. The van der Waals surface area contributed by atoms with Gasteiger partial charge in [0.05, 0.1) is 26.3 Å². The van der Waals surface area contributed by atoms with Crippen LogP contribution in [0.1, 0.15) is 5.56 Å². The number of hydrogen-bond acceptors (Lipinski definition) is 4. The van der Waals surface area contributed by atoms with Crippen molar-refractivity contribution in [1.82, 2.24) is 0 Å². The number of carbonyl (C=O) groups excluding carboxylic acids is 1. The molecule has 138 valence electrons. The molecular formula is C22H22N2O3. The van der Waals surface area contributed by atoms with Gasteiger partial charge < -0.3 is 20.1 Å². The molecule has 1 amide bonds. The van der Waals surface area contributed by atoms with E-state index < -0.39 is 0 Å². The van der Waals surface area contributed by atoms with Crippen LogP contribution in [0.15, 0.2) is 72.8 Å². The number of methoxy groups -OCH3 is 2. The first kappa shape index (κ1) is 18.3. The normalized spacial score (nSPS) is 10.1. The molecule has 5 nitrogen and oxygen atoms in total. The summed E-state index contributed by atoms with van der Waals surface area (Å²) in [6, 6.07) is 22.8. The van der Waals surface area contributed by atoms with E-state index in [1.54, 1.807) is 14.2 Å². The lowest BCUT2D eigenvalue weighted by Gasteiger charge is -2.13. The van der Waals surface area contributed by atoms with Crippen LogP contribution < -0.4 is 20.1 Å². The van der Waals surface area contributed by atoms with E-state index in [1.165, 1.54) is 0 Å². The molecule has 0 atom stereocenters. The van der Waals surface area contributed by atoms with Gasteiger partial charge in [0.1, 0.15) is 11.5 Å². The van der Waals surface area contributed by atoms with E-state index >= 15 is 0 Å². The fraction of sp³-hybridized carbons (Fsp3) is 0.136. The Morgan fingerprint density at radius 1 is 0.852 bits per heavy atom. The van der Waals surface area contributed by atoms with Crippen molar-refractivity contribution in [3.63, 3.8) is 0 Å². The largest absolute Gasteiger partial charge is 0.497 e. The van der Waals surface area contributed by atoms with E-state index in [0.29, 0.717) is 12.2 Å². The predicted molar refractivity (Wildman–Crippen MR) is 108 cm³/mol. The molecule has 0 heterocycles. The molecule has 0 unspecified atom stereocenters. The zero-order valence-electron chi connectivity index (χ0n) is 15.4. The van der Waals surface area contributed by atoms with Gasteiger partial charge in [-0.3, -0.25) is 4.79 Å². The van der Waals surface area contributed by atoms with Crippen molar-refractivity contribution >= 4 is 23.0 Å². The van der Waals surface area contributed by atoms with Crippen LogP contribution in [-0.4, -0.2) is 20.1 Å². The Morgan fingerprint density at radius 3 is 2.22 bits per heavy atom. The quantitative estimate of drug-likeness (QED) is 0.643. The van der Waals surface area contributed by atoms with Crippen molar-refractivity contribution in [1.29, 1.82) is 0 Å². The van der Waals surface area contributed by atoms with Gasteiger partial charge in [-0.1, -0.05) is 30.3 Å². The number of carbonyl (C=O) groups is 1. The van der Waals surface area contributed by atoms with Crippen LogP contribution >= 0.6 is 0 Å². The van der Waals surface area contributed by atoms with Crippen LogP contribution in [0.25, 0.3) is 0 Å². The smallest absolute Gasteiger partial charge is 0.228 e. The second-order valence-corrected chi connectivity index (χ2v) is 5.98. The summed E-state index contributed by atoms with van der Waals surface area (Å²) in [5.41, 5.74) is 3.46. The van der Waals surface area contributed by atoms with Crippen molar-refractivity contribution in [2.75, 3.05) is 24.9 Å². The Kier molecular flexibility index (Phi) is 5.94. The lowest BCUT2D eigenvalue weighted by molar-refractivity contribution is -0.115. The molecule has 0 aliphatic carbocycles. The summed E-state index contributed by atoms with van der Waals surface area (Å²) < 4.78 is 10.6. The molecule has 0 saturated carbocycles. The maximum atomic E-state index is 12.1. The van der Waals surface area contributed by atoms with Gasteiger partial charge in [-0.15, -0.1) is 0 Å². The number of amides is 1. The van der Waals surface area contributed by atoms with Crippen LogP contribution in [0.3, 0.4) is 0 Å². The first-order chi connectivity index (χ1) is 13.2. The molecule has 0 saturated heterocycles. The molecule has 0 fully saturated rings. The minimum absolute atomic E-state index is 0.0428. The number of nitrogens with one attached hydrogen (secondary N) is 2. The predicted octanol–water partition coefficient (Wildman–Crippen LogP) is 4.63. The van der Waals surface area contributed by atoms with Gasteiger partial charge in [0.25, 0.3) is 0 Å². The van der Waals surface area contributed by atoms with Gasteiger partial charge in [-0.25, -0.2) is 0 Å². The monoisotopic (exact) mass is 362 g/mol. The zero-order chi connectivity index (χ0) is 19.1. The molecule has 5 heteroatoms. The highest BCUT2D eigenvalue weighted by Gasteiger charge is 2.07. The van der Waals surface area contributed by atoms with E-state index in [9.17, 15) is 4.79 Å². The maximum Gasteiger partial charge on any atom is 0.228 e. The van der Waals surface area contributed by atoms with Crippen molar-refractivity contribution in [3.05, 3.63) is 78.4 Å². The van der Waals surface area contributed by atoms with Crippen molar-refractivity contribution in [2.24, 2.45) is 0 Å². The standard InChI is InChI=1S/C22H22N2O3/c1-26-19-12-13-20(21(15-19)27-2)23-17-8-10-18(11-9-17)24-22(25)14-16-6-4-3-5-7-16/h3-13,15,23H,14H2,1-2H3,(H,24,25). The molecule has 0 spiro atoms. The highest BCUT2D eigenvalue weighted by molar-refractivity contribution is 5.92. The summed E-state index contributed by atoms with van der Waals surface area (Å²) in [6.45, 7) is 0. The minimum Gasteiger partial charge on any atom is -0.497 e. The highest BCUT2D eigenvalue weighted by atomic mass is 16.5. The molecule has 0 aliphatic heterocycles.